The first-order valence-electron chi connectivity index (χ1n) is 9.15. The molecule has 2 aromatic rings. The predicted molar refractivity (Wildman–Crippen MR) is 104 cm³/mol. The number of nitrogens with one attached hydrogen (secondary N) is 2. The second-order valence-corrected chi connectivity index (χ2v) is 6.35. The van der Waals surface area contributed by atoms with Gasteiger partial charge in [0.2, 0.25) is 5.95 Å². The van der Waals surface area contributed by atoms with E-state index in [0.29, 0.717) is 5.95 Å². The first kappa shape index (κ1) is 18.4. The van der Waals surface area contributed by atoms with Gasteiger partial charge in [0.1, 0.15) is 5.82 Å². The lowest BCUT2D eigenvalue weighted by Crippen LogP contribution is -2.36. The zero-order valence-corrected chi connectivity index (χ0v) is 15.2. The maximum absolute atomic E-state index is 8.84. The van der Waals surface area contributed by atoms with E-state index in [0.717, 1.165) is 62.9 Å². The van der Waals surface area contributed by atoms with Crippen molar-refractivity contribution in [2.45, 2.75) is 19.8 Å². The van der Waals surface area contributed by atoms with Crippen LogP contribution in [0.4, 0.5) is 23.1 Å². The molecule has 1 aromatic heterocycles. The quantitative estimate of drug-likeness (QED) is 0.626. The zero-order chi connectivity index (χ0) is 18.2. The number of aryl methyl sites for hydroxylation is 1. The summed E-state index contributed by atoms with van der Waals surface area (Å²) in [5.41, 5.74) is 3.10. The summed E-state index contributed by atoms with van der Waals surface area (Å²) < 4.78 is 5.40. The van der Waals surface area contributed by atoms with E-state index in [4.69, 9.17) is 9.84 Å². The third-order valence-electron chi connectivity index (χ3n) is 4.24. The van der Waals surface area contributed by atoms with Crippen molar-refractivity contribution in [3.05, 3.63) is 36.0 Å². The van der Waals surface area contributed by atoms with Gasteiger partial charge in [0.05, 0.1) is 13.2 Å². The van der Waals surface area contributed by atoms with Gasteiger partial charge in [-0.15, -0.1) is 0 Å². The molecule has 7 heteroatoms. The van der Waals surface area contributed by atoms with Gasteiger partial charge in [-0.1, -0.05) is 0 Å². The van der Waals surface area contributed by atoms with Crippen LogP contribution in [0.15, 0.2) is 30.3 Å². The second-order valence-electron chi connectivity index (χ2n) is 6.35. The highest BCUT2D eigenvalue weighted by Crippen LogP contribution is 2.22. The molecule has 1 fully saturated rings. The Labute approximate surface area is 154 Å². The summed E-state index contributed by atoms with van der Waals surface area (Å²) in [5, 5.41) is 15.4. The van der Waals surface area contributed by atoms with Crippen molar-refractivity contribution in [3.63, 3.8) is 0 Å². The highest BCUT2D eigenvalue weighted by molar-refractivity contribution is 5.61. The summed E-state index contributed by atoms with van der Waals surface area (Å²) in [4.78, 5) is 11.3. The third kappa shape index (κ3) is 5.31. The fourth-order valence-electron chi connectivity index (χ4n) is 2.87. The Balaban J connectivity index is 1.61. The Morgan fingerprint density at radius 1 is 1.12 bits per heavy atom. The molecule has 140 valence electrons. The van der Waals surface area contributed by atoms with Crippen LogP contribution in [0.2, 0.25) is 0 Å². The standard InChI is InChI=1S/C19H27N5O2/c1-15-14-18(23-19(21-15)20-8-2-3-11-25)22-16-4-6-17(7-5-16)24-9-12-26-13-10-24/h4-7,14,25H,2-3,8-13H2,1H3,(H2,20,21,22,23). The van der Waals surface area contributed by atoms with E-state index in [9.17, 15) is 0 Å². The maximum Gasteiger partial charge on any atom is 0.224 e. The van der Waals surface area contributed by atoms with Gasteiger partial charge < -0.3 is 25.4 Å². The van der Waals surface area contributed by atoms with E-state index in [1.165, 1.54) is 5.69 Å². The van der Waals surface area contributed by atoms with Crippen LogP contribution in [0.3, 0.4) is 0 Å². The fraction of sp³-hybridized carbons (Fsp3) is 0.474. The summed E-state index contributed by atoms with van der Waals surface area (Å²) in [7, 11) is 0. The average Bonchev–Trinajstić information content (AvgIpc) is 2.66. The van der Waals surface area contributed by atoms with Crippen molar-refractivity contribution in [2.75, 3.05) is 55.0 Å². The van der Waals surface area contributed by atoms with Crippen molar-refractivity contribution in [1.29, 1.82) is 0 Å². The molecule has 0 aliphatic carbocycles. The Bertz CT molecular complexity index is 687. The summed E-state index contributed by atoms with van der Waals surface area (Å²) >= 11 is 0. The van der Waals surface area contributed by atoms with Crippen LogP contribution < -0.4 is 15.5 Å². The number of ether oxygens (including phenoxy) is 1. The van der Waals surface area contributed by atoms with Gasteiger partial charge in [0.15, 0.2) is 0 Å². The minimum absolute atomic E-state index is 0.212. The number of benzene rings is 1. The molecule has 26 heavy (non-hydrogen) atoms. The number of rotatable bonds is 8. The van der Waals surface area contributed by atoms with Gasteiger partial charge in [-0.25, -0.2) is 4.98 Å². The lowest BCUT2D eigenvalue weighted by Gasteiger charge is -2.28. The van der Waals surface area contributed by atoms with Gasteiger partial charge in [-0.05, 0) is 44.0 Å². The van der Waals surface area contributed by atoms with Gasteiger partial charge in [0.25, 0.3) is 0 Å². The molecule has 1 aliphatic rings. The number of nitrogens with zero attached hydrogens (tertiary/aromatic N) is 3. The van der Waals surface area contributed by atoms with Gasteiger partial charge in [-0.2, -0.15) is 4.98 Å². The monoisotopic (exact) mass is 357 g/mol. The molecule has 0 saturated carbocycles. The number of morpholine rings is 1. The fourth-order valence-corrected chi connectivity index (χ4v) is 2.87. The van der Waals surface area contributed by atoms with Crippen LogP contribution in [-0.4, -0.2) is 54.5 Å². The molecule has 1 aliphatic heterocycles. The molecule has 0 amide bonds. The SMILES string of the molecule is Cc1cc(Nc2ccc(N3CCOCC3)cc2)nc(NCCCCO)n1. The van der Waals surface area contributed by atoms with Crippen LogP contribution in [0.5, 0.6) is 0 Å². The first-order valence-corrected chi connectivity index (χ1v) is 9.15. The molecular formula is C19H27N5O2. The normalized spacial score (nSPS) is 14.3. The highest BCUT2D eigenvalue weighted by atomic mass is 16.5. The van der Waals surface area contributed by atoms with E-state index in [1.807, 2.05) is 13.0 Å². The van der Waals surface area contributed by atoms with Crippen molar-refractivity contribution in [3.8, 4) is 0 Å². The Morgan fingerprint density at radius 2 is 1.88 bits per heavy atom. The van der Waals surface area contributed by atoms with E-state index in [-0.39, 0.29) is 6.61 Å². The zero-order valence-electron chi connectivity index (χ0n) is 15.2. The molecule has 0 spiro atoms. The number of unbranched alkanes of at least 4 members (excludes halogenated alkanes) is 1. The highest BCUT2D eigenvalue weighted by Gasteiger charge is 2.11. The Kier molecular flexibility index (Phi) is 6.62. The van der Waals surface area contributed by atoms with E-state index >= 15 is 0 Å². The molecule has 1 saturated heterocycles. The molecule has 0 atom stereocenters. The maximum atomic E-state index is 8.84. The second kappa shape index (κ2) is 9.35. The number of aliphatic hydroxyl groups excluding tert-OH is 1. The summed E-state index contributed by atoms with van der Waals surface area (Å²) in [6, 6.07) is 10.3. The number of hydrogen-bond acceptors (Lipinski definition) is 7. The van der Waals surface area contributed by atoms with Crippen LogP contribution in [0.1, 0.15) is 18.5 Å². The van der Waals surface area contributed by atoms with Crippen LogP contribution in [-0.2, 0) is 4.74 Å². The molecular weight excluding hydrogens is 330 g/mol. The Morgan fingerprint density at radius 3 is 2.62 bits per heavy atom. The van der Waals surface area contributed by atoms with Gasteiger partial charge in [0, 0.05) is 49.4 Å². The topological polar surface area (TPSA) is 82.5 Å². The molecule has 3 rings (SSSR count). The number of anilines is 4. The molecule has 0 unspecified atom stereocenters. The van der Waals surface area contributed by atoms with Crippen molar-refractivity contribution >= 4 is 23.1 Å². The van der Waals surface area contributed by atoms with Gasteiger partial charge >= 0.3 is 0 Å². The molecule has 7 nitrogen and oxygen atoms in total. The number of hydrogen-bond donors (Lipinski definition) is 3. The minimum atomic E-state index is 0.212. The third-order valence-corrected chi connectivity index (χ3v) is 4.24. The molecule has 2 heterocycles. The van der Waals surface area contributed by atoms with E-state index in [1.54, 1.807) is 0 Å². The minimum Gasteiger partial charge on any atom is -0.396 e. The van der Waals surface area contributed by atoms with Crippen LogP contribution in [0.25, 0.3) is 0 Å². The van der Waals surface area contributed by atoms with Gasteiger partial charge in [-0.3, -0.25) is 0 Å². The lowest BCUT2D eigenvalue weighted by atomic mass is 10.2. The van der Waals surface area contributed by atoms with Crippen molar-refractivity contribution in [1.82, 2.24) is 9.97 Å². The summed E-state index contributed by atoms with van der Waals surface area (Å²) in [5.74, 6) is 1.37. The number of aromatic nitrogens is 2. The molecule has 0 bridgehead atoms. The summed E-state index contributed by atoms with van der Waals surface area (Å²) in [6.45, 7) is 6.35. The molecule has 3 N–H and O–H groups in total. The van der Waals surface area contributed by atoms with E-state index < -0.39 is 0 Å². The van der Waals surface area contributed by atoms with Crippen LogP contribution >= 0.6 is 0 Å². The van der Waals surface area contributed by atoms with Crippen molar-refractivity contribution < 1.29 is 9.84 Å². The predicted octanol–water partition coefficient (Wildman–Crippen LogP) is 2.55. The van der Waals surface area contributed by atoms with Crippen molar-refractivity contribution in [2.24, 2.45) is 0 Å². The largest absolute Gasteiger partial charge is 0.396 e. The summed E-state index contributed by atoms with van der Waals surface area (Å²) in [6.07, 6.45) is 1.67. The number of aliphatic hydroxyl groups is 1. The van der Waals surface area contributed by atoms with Crippen LogP contribution in [0, 0.1) is 6.92 Å². The first-order chi connectivity index (χ1) is 12.7. The smallest absolute Gasteiger partial charge is 0.224 e. The van der Waals surface area contributed by atoms with E-state index in [2.05, 4.69) is 49.8 Å². The lowest BCUT2D eigenvalue weighted by molar-refractivity contribution is 0.122. The molecule has 0 radical (unpaired) electrons. The molecule has 1 aromatic carbocycles. The average molecular weight is 357 g/mol. The Hall–Kier alpha value is -2.38.